The standard InChI is InChI=1S/C12H20N4O/c1-8-14-6-5-9(16-8)7-15-11(17)10(13)12(2,3)4/h5-6,10H,7,13H2,1-4H3,(H,15,17). The molecule has 94 valence electrons. The van der Waals surface area contributed by atoms with Gasteiger partial charge in [0.05, 0.1) is 18.3 Å². The lowest BCUT2D eigenvalue weighted by Crippen LogP contribution is -2.48. The van der Waals surface area contributed by atoms with Crippen LogP contribution in [0.4, 0.5) is 0 Å². The minimum Gasteiger partial charge on any atom is -0.349 e. The minimum absolute atomic E-state index is 0.159. The van der Waals surface area contributed by atoms with Gasteiger partial charge in [0, 0.05) is 6.20 Å². The molecule has 1 aromatic heterocycles. The highest BCUT2D eigenvalue weighted by Gasteiger charge is 2.27. The summed E-state index contributed by atoms with van der Waals surface area (Å²) in [5.74, 6) is 0.533. The average Bonchev–Trinajstić information content (AvgIpc) is 2.23. The van der Waals surface area contributed by atoms with E-state index in [1.807, 2.05) is 27.7 Å². The van der Waals surface area contributed by atoms with Crippen molar-refractivity contribution >= 4 is 5.91 Å². The van der Waals surface area contributed by atoms with Gasteiger partial charge in [0.25, 0.3) is 0 Å². The van der Waals surface area contributed by atoms with E-state index in [1.54, 1.807) is 12.3 Å². The zero-order valence-corrected chi connectivity index (χ0v) is 10.8. The minimum atomic E-state index is -0.523. The van der Waals surface area contributed by atoms with Crippen LogP contribution in [0.15, 0.2) is 12.3 Å². The van der Waals surface area contributed by atoms with Gasteiger partial charge in [0.2, 0.25) is 5.91 Å². The maximum atomic E-state index is 11.8. The monoisotopic (exact) mass is 236 g/mol. The van der Waals surface area contributed by atoms with E-state index in [9.17, 15) is 4.79 Å². The molecule has 3 N–H and O–H groups in total. The molecular formula is C12H20N4O. The third-order valence-electron chi connectivity index (χ3n) is 2.49. The number of amides is 1. The Balaban J connectivity index is 2.54. The first kappa shape index (κ1) is 13.6. The number of hydrogen-bond acceptors (Lipinski definition) is 4. The molecule has 1 aromatic rings. The highest BCUT2D eigenvalue weighted by molar-refractivity contribution is 5.82. The number of aryl methyl sites for hydroxylation is 1. The Hall–Kier alpha value is -1.49. The maximum Gasteiger partial charge on any atom is 0.237 e. The van der Waals surface area contributed by atoms with Crippen molar-refractivity contribution in [3.8, 4) is 0 Å². The molecule has 1 unspecified atom stereocenters. The Bertz CT molecular complexity index is 398. The largest absolute Gasteiger partial charge is 0.349 e. The maximum absolute atomic E-state index is 11.8. The van der Waals surface area contributed by atoms with Gasteiger partial charge in [-0.05, 0) is 18.4 Å². The molecule has 0 aliphatic rings. The summed E-state index contributed by atoms with van der Waals surface area (Å²) >= 11 is 0. The molecular weight excluding hydrogens is 216 g/mol. The van der Waals surface area contributed by atoms with E-state index in [1.165, 1.54) is 0 Å². The van der Waals surface area contributed by atoms with Crippen LogP contribution in [0.1, 0.15) is 32.3 Å². The molecule has 0 radical (unpaired) electrons. The molecule has 0 bridgehead atoms. The second kappa shape index (κ2) is 5.23. The van der Waals surface area contributed by atoms with E-state index in [-0.39, 0.29) is 11.3 Å². The zero-order valence-electron chi connectivity index (χ0n) is 10.8. The van der Waals surface area contributed by atoms with E-state index in [0.717, 1.165) is 5.69 Å². The second-order valence-electron chi connectivity index (χ2n) is 5.16. The number of rotatable bonds is 3. The third kappa shape index (κ3) is 4.11. The number of nitrogens with zero attached hydrogens (tertiary/aromatic N) is 2. The van der Waals surface area contributed by atoms with Crippen LogP contribution in [0.25, 0.3) is 0 Å². The summed E-state index contributed by atoms with van der Waals surface area (Å²) in [5.41, 5.74) is 6.38. The Morgan fingerprint density at radius 3 is 2.71 bits per heavy atom. The summed E-state index contributed by atoms with van der Waals surface area (Å²) in [6.45, 7) is 8.00. The van der Waals surface area contributed by atoms with E-state index in [2.05, 4.69) is 15.3 Å². The van der Waals surface area contributed by atoms with Gasteiger partial charge in [-0.1, -0.05) is 20.8 Å². The molecule has 0 saturated heterocycles. The van der Waals surface area contributed by atoms with Gasteiger partial charge in [0.1, 0.15) is 5.82 Å². The van der Waals surface area contributed by atoms with E-state index < -0.39 is 6.04 Å². The smallest absolute Gasteiger partial charge is 0.237 e. The van der Waals surface area contributed by atoms with E-state index in [0.29, 0.717) is 12.4 Å². The van der Waals surface area contributed by atoms with Crippen LogP contribution in [0.5, 0.6) is 0 Å². The summed E-state index contributed by atoms with van der Waals surface area (Å²) in [7, 11) is 0. The van der Waals surface area contributed by atoms with Gasteiger partial charge < -0.3 is 11.1 Å². The third-order valence-corrected chi connectivity index (χ3v) is 2.49. The summed E-state index contributed by atoms with van der Waals surface area (Å²) in [6, 6.07) is 1.25. The first-order valence-corrected chi connectivity index (χ1v) is 5.62. The van der Waals surface area contributed by atoms with E-state index in [4.69, 9.17) is 5.73 Å². The van der Waals surface area contributed by atoms with Crippen molar-refractivity contribution in [3.63, 3.8) is 0 Å². The Kier molecular flexibility index (Phi) is 4.17. The van der Waals surface area contributed by atoms with Gasteiger partial charge in [-0.2, -0.15) is 0 Å². The SMILES string of the molecule is Cc1nccc(CNC(=O)C(N)C(C)(C)C)n1. The fourth-order valence-electron chi connectivity index (χ4n) is 1.28. The number of nitrogens with one attached hydrogen (secondary N) is 1. The Labute approximate surface area is 102 Å². The molecule has 0 spiro atoms. The molecule has 0 fully saturated rings. The van der Waals surface area contributed by atoms with Crippen LogP contribution >= 0.6 is 0 Å². The van der Waals surface area contributed by atoms with Crippen molar-refractivity contribution in [2.75, 3.05) is 0 Å². The van der Waals surface area contributed by atoms with Crippen LogP contribution in [-0.2, 0) is 11.3 Å². The first-order valence-electron chi connectivity index (χ1n) is 5.62. The van der Waals surface area contributed by atoms with E-state index >= 15 is 0 Å². The average molecular weight is 236 g/mol. The Morgan fingerprint density at radius 1 is 1.53 bits per heavy atom. The predicted molar refractivity (Wildman–Crippen MR) is 66.0 cm³/mol. The molecule has 0 aromatic carbocycles. The van der Waals surface area contributed by atoms with Gasteiger partial charge in [0.15, 0.2) is 0 Å². The number of carbonyl (C=O) groups is 1. The molecule has 0 aliphatic carbocycles. The summed E-state index contributed by atoms with van der Waals surface area (Å²) in [6.07, 6.45) is 1.67. The van der Waals surface area contributed by atoms with Crippen molar-refractivity contribution in [2.45, 2.75) is 40.3 Å². The lowest BCUT2D eigenvalue weighted by atomic mass is 9.87. The fourth-order valence-corrected chi connectivity index (χ4v) is 1.28. The van der Waals surface area contributed by atoms with Crippen molar-refractivity contribution in [3.05, 3.63) is 23.8 Å². The molecule has 1 amide bonds. The van der Waals surface area contributed by atoms with Crippen LogP contribution < -0.4 is 11.1 Å². The van der Waals surface area contributed by atoms with Gasteiger partial charge in [-0.15, -0.1) is 0 Å². The lowest BCUT2D eigenvalue weighted by Gasteiger charge is -2.25. The topological polar surface area (TPSA) is 80.9 Å². The first-order chi connectivity index (χ1) is 7.80. The lowest BCUT2D eigenvalue weighted by molar-refractivity contribution is -0.124. The van der Waals surface area contributed by atoms with Crippen LogP contribution in [0.2, 0.25) is 0 Å². The van der Waals surface area contributed by atoms with Gasteiger partial charge in [-0.25, -0.2) is 9.97 Å². The normalized spacial score (nSPS) is 13.2. The molecule has 5 nitrogen and oxygen atoms in total. The molecule has 1 atom stereocenters. The number of hydrogen-bond donors (Lipinski definition) is 2. The molecule has 0 aliphatic heterocycles. The van der Waals surface area contributed by atoms with Gasteiger partial charge in [-0.3, -0.25) is 4.79 Å². The van der Waals surface area contributed by atoms with Crippen molar-refractivity contribution < 1.29 is 4.79 Å². The molecule has 17 heavy (non-hydrogen) atoms. The van der Waals surface area contributed by atoms with Crippen molar-refractivity contribution in [1.29, 1.82) is 0 Å². The molecule has 0 saturated carbocycles. The summed E-state index contributed by atoms with van der Waals surface area (Å²) < 4.78 is 0. The number of carbonyl (C=O) groups excluding carboxylic acids is 1. The Morgan fingerprint density at radius 2 is 2.18 bits per heavy atom. The second-order valence-corrected chi connectivity index (χ2v) is 5.16. The van der Waals surface area contributed by atoms with Crippen molar-refractivity contribution in [2.24, 2.45) is 11.1 Å². The van der Waals surface area contributed by atoms with Crippen molar-refractivity contribution in [1.82, 2.24) is 15.3 Å². The number of nitrogens with two attached hydrogens (primary N) is 1. The highest BCUT2D eigenvalue weighted by atomic mass is 16.2. The predicted octanol–water partition coefficient (Wildman–Crippen LogP) is 0.775. The summed E-state index contributed by atoms with van der Waals surface area (Å²) in [4.78, 5) is 20.0. The van der Waals surface area contributed by atoms with Crippen LogP contribution in [0.3, 0.4) is 0 Å². The molecule has 5 heteroatoms. The highest BCUT2D eigenvalue weighted by Crippen LogP contribution is 2.17. The quantitative estimate of drug-likeness (QED) is 0.812. The fraction of sp³-hybridized carbons (Fsp3) is 0.583. The molecule has 1 rings (SSSR count). The number of aromatic nitrogens is 2. The van der Waals surface area contributed by atoms with Crippen LogP contribution in [0, 0.1) is 12.3 Å². The van der Waals surface area contributed by atoms with Gasteiger partial charge >= 0.3 is 0 Å². The summed E-state index contributed by atoms with van der Waals surface area (Å²) in [5, 5.41) is 2.78. The van der Waals surface area contributed by atoms with Crippen LogP contribution in [-0.4, -0.2) is 21.9 Å². The zero-order chi connectivity index (χ0) is 13.1. The molecule has 1 heterocycles.